The smallest absolute Gasteiger partial charge is 0.254 e. The fourth-order valence-corrected chi connectivity index (χ4v) is 2.84. The average Bonchev–Trinajstić information content (AvgIpc) is 3.19. The molecule has 0 spiro atoms. The quantitative estimate of drug-likeness (QED) is 0.798. The van der Waals surface area contributed by atoms with Gasteiger partial charge in [0.05, 0.1) is 24.0 Å². The van der Waals surface area contributed by atoms with E-state index in [0.29, 0.717) is 24.2 Å². The lowest BCUT2D eigenvalue weighted by molar-refractivity contribution is -0.117. The molecule has 2 aromatic rings. The highest BCUT2D eigenvalue weighted by Crippen LogP contribution is 2.24. The van der Waals surface area contributed by atoms with E-state index in [1.165, 1.54) is 0 Å². The van der Waals surface area contributed by atoms with Gasteiger partial charge in [-0.2, -0.15) is 5.10 Å². The van der Waals surface area contributed by atoms with E-state index >= 15 is 0 Å². The number of para-hydroxylation sites is 1. The van der Waals surface area contributed by atoms with Gasteiger partial charge in [-0.3, -0.25) is 14.3 Å². The van der Waals surface area contributed by atoms with Gasteiger partial charge >= 0.3 is 0 Å². The molecule has 1 aliphatic heterocycles. The predicted molar refractivity (Wildman–Crippen MR) is 95.2 cm³/mol. The largest absolute Gasteiger partial charge is 0.373 e. The van der Waals surface area contributed by atoms with Crippen LogP contribution in [-0.4, -0.2) is 40.7 Å². The van der Waals surface area contributed by atoms with E-state index < -0.39 is 0 Å². The number of hydrogen-bond donors (Lipinski definition) is 2. The Balaban J connectivity index is 1.74. The zero-order valence-corrected chi connectivity index (χ0v) is 13.9. The summed E-state index contributed by atoms with van der Waals surface area (Å²) in [5.74, 6) is 2.07. The second-order valence-corrected chi connectivity index (χ2v) is 5.78. The first kappa shape index (κ1) is 16.6. The number of carbonyl (C=O) groups excluding carboxylic acids is 2. The molecule has 2 N–H and O–H groups in total. The number of terminal acetylenes is 1. The third-order valence-corrected chi connectivity index (χ3v) is 4.06. The molecule has 25 heavy (non-hydrogen) atoms. The molecular formula is C18H19N5O2. The number of carbonyl (C=O) groups is 2. The first-order chi connectivity index (χ1) is 12.1. The monoisotopic (exact) mass is 337 g/mol. The highest BCUT2D eigenvalue weighted by molar-refractivity contribution is 6.03. The highest BCUT2D eigenvalue weighted by Gasteiger charge is 2.33. The number of nitrogens with zero attached hydrogens (tertiary/aromatic N) is 3. The second kappa shape index (κ2) is 7.09. The standard InChI is InChI=1S/C18H19N5O2/c1-3-9-19-17(24)14-6-4-5-7-15(14)21-16-8-10-23(18(16)25)13-11-20-22(2)12-13/h1,4-7,11-12,16,21H,8-10H2,2H3,(H,19,24)/t16-/m1/s1. The van der Waals surface area contributed by atoms with Gasteiger partial charge in [0, 0.05) is 25.5 Å². The summed E-state index contributed by atoms with van der Waals surface area (Å²) in [5, 5.41) is 9.94. The minimum absolute atomic E-state index is 0.0353. The molecule has 7 heteroatoms. The molecule has 1 atom stereocenters. The molecule has 0 aliphatic carbocycles. The van der Waals surface area contributed by atoms with Crippen molar-refractivity contribution >= 4 is 23.2 Å². The van der Waals surface area contributed by atoms with Crippen LogP contribution in [0.1, 0.15) is 16.8 Å². The zero-order valence-electron chi connectivity index (χ0n) is 13.9. The highest BCUT2D eigenvalue weighted by atomic mass is 16.2. The van der Waals surface area contributed by atoms with Crippen molar-refractivity contribution in [1.29, 1.82) is 0 Å². The molecule has 0 bridgehead atoms. The lowest BCUT2D eigenvalue weighted by atomic mass is 10.1. The van der Waals surface area contributed by atoms with Crippen LogP contribution >= 0.6 is 0 Å². The van der Waals surface area contributed by atoms with Gasteiger partial charge in [0.15, 0.2) is 0 Å². The van der Waals surface area contributed by atoms with Crippen LogP contribution in [0.5, 0.6) is 0 Å². The van der Waals surface area contributed by atoms with Crippen molar-refractivity contribution in [3.8, 4) is 12.3 Å². The second-order valence-electron chi connectivity index (χ2n) is 5.78. The molecule has 2 heterocycles. The van der Waals surface area contributed by atoms with Crippen LogP contribution in [0, 0.1) is 12.3 Å². The molecule has 1 aromatic heterocycles. The Morgan fingerprint density at radius 3 is 2.96 bits per heavy atom. The maximum Gasteiger partial charge on any atom is 0.254 e. The van der Waals surface area contributed by atoms with Gasteiger partial charge in [0.2, 0.25) is 5.91 Å². The molecule has 7 nitrogen and oxygen atoms in total. The van der Waals surface area contributed by atoms with Crippen molar-refractivity contribution in [2.75, 3.05) is 23.3 Å². The third kappa shape index (κ3) is 3.48. The topological polar surface area (TPSA) is 79.3 Å². The van der Waals surface area contributed by atoms with Crippen molar-refractivity contribution in [1.82, 2.24) is 15.1 Å². The molecule has 0 saturated carbocycles. The van der Waals surface area contributed by atoms with Crippen LogP contribution in [0.3, 0.4) is 0 Å². The molecule has 0 unspecified atom stereocenters. The number of rotatable bonds is 5. The van der Waals surface area contributed by atoms with Crippen LogP contribution in [-0.2, 0) is 11.8 Å². The Morgan fingerprint density at radius 2 is 2.24 bits per heavy atom. The maximum atomic E-state index is 12.7. The molecule has 128 valence electrons. The number of amides is 2. The number of aromatic nitrogens is 2. The molecule has 0 radical (unpaired) electrons. The summed E-state index contributed by atoms with van der Waals surface area (Å²) in [5.41, 5.74) is 1.85. The van der Waals surface area contributed by atoms with Crippen molar-refractivity contribution in [3.63, 3.8) is 0 Å². The van der Waals surface area contributed by atoms with Gasteiger partial charge in [0.1, 0.15) is 6.04 Å². The van der Waals surface area contributed by atoms with E-state index in [2.05, 4.69) is 21.7 Å². The predicted octanol–water partition coefficient (Wildman–Crippen LogP) is 1.00. The molecule has 1 aliphatic rings. The first-order valence-electron chi connectivity index (χ1n) is 7.97. The fraction of sp³-hybridized carbons (Fsp3) is 0.278. The van der Waals surface area contributed by atoms with Crippen molar-refractivity contribution in [2.45, 2.75) is 12.5 Å². The van der Waals surface area contributed by atoms with Crippen molar-refractivity contribution in [3.05, 3.63) is 42.2 Å². The fourth-order valence-electron chi connectivity index (χ4n) is 2.84. The first-order valence-corrected chi connectivity index (χ1v) is 7.97. The van der Waals surface area contributed by atoms with Gasteiger partial charge in [0.25, 0.3) is 5.91 Å². The van der Waals surface area contributed by atoms with E-state index in [9.17, 15) is 9.59 Å². The Labute approximate surface area is 146 Å². The molecule has 1 saturated heterocycles. The van der Waals surface area contributed by atoms with Crippen LogP contribution < -0.4 is 15.5 Å². The van der Waals surface area contributed by atoms with E-state index in [0.717, 1.165) is 5.69 Å². The summed E-state index contributed by atoms with van der Waals surface area (Å²) in [6.07, 6.45) is 9.30. The van der Waals surface area contributed by atoms with Crippen LogP contribution in [0.4, 0.5) is 11.4 Å². The SMILES string of the molecule is C#CCNC(=O)c1ccccc1N[C@@H]1CCN(c2cnn(C)c2)C1=O. The summed E-state index contributed by atoms with van der Waals surface area (Å²) >= 11 is 0. The van der Waals surface area contributed by atoms with Gasteiger partial charge in [-0.1, -0.05) is 18.1 Å². The number of benzene rings is 1. The van der Waals surface area contributed by atoms with Crippen LogP contribution in [0.25, 0.3) is 0 Å². The summed E-state index contributed by atoms with van der Waals surface area (Å²) in [6, 6.07) is 6.69. The van der Waals surface area contributed by atoms with Gasteiger partial charge < -0.3 is 15.5 Å². The molecular weight excluding hydrogens is 318 g/mol. The lowest BCUT2D eigenvalue weighted by Gasteiger charge is -2.17. The third-order valence-electron chi connectivity index (χ3n) is 4.06. The Hall–Kier alpha value is -3.27. The Kier molecular flexibility index (Phi) is 4.70. The van der Waals surface area contributed by atoms with Gasteiger partial charge in [-0.05, 0) is 18.6 Å². The zero-order chi connectivity index (χ0) is 17.8. The minimum atomic E-state index is -0.387. The van der Waals surface area contributed by atoms with Gasteiger partial charge in [-0.25, -0.2) is 0 Å². The van der Waals surface area contributed by atoms with E-state index in [4.69, 9.17) is 6.42 Å². The normalized spacial score (nSPS) is 16.6. The lowest BCUT2D eigenvalue weighted by Crippen LogP contribution is -2.34. The number of aryl methyl sites for hydroxylation is 1. The number of anilines is 2. The number of nitrogens with one attached hydrogen (secondary N) is 2. The Bertz CT molecular complexity index is 836. The molecule has 3 rings (SSSR count). The summed E-state index contributed by atoms with van der Waals surface area (Å²) < 4.78 is 1.66. The van der Waals surface area contributed by atoms with Crippen LogP contribution in [0.15, 0.2) is 36.7 Å². The molecule has 2 amide bonds. The van der Waals surface area contributed by atoms with E-state index in [-0.39, 0.29) is 24.4 Å². The average molecular weight is 337 g/mol. The molecule has 1 fully saturated rings. The number of hydrogen-bond acceptors (Lipinski definition) is 4. The van der Waals surface area contributed by atoms with Crippen molar-refractivity contribution in [2.24, 2.45) is 7.05 Å². The minimum Gasteiger partial charge on any atom is -0.373 e. The maximum absolute atomic E-state index is 12.7. The molecule has 1 aromatic carbocycles. The summed E-state index contributed by atoms with van der Waals surface area (Å²) in [4.78, 5) is 26.6. The van der Waals surface area contributed by atoms with Gasteiger partial charge in [-0.15, -0.1) is 6.42 Å². The van der Waals surface area contributed by atoms with E-state index in [1.807, 2.05) is 19.3 Å². The van der Waals surface area contributed by atoms with E-state index in [1.54, 1.807) is 34.0 Å². The summed E-state index contributed by atoms with van der Waals surface area (Å²) in [6.45, 7) is 0.762. The van der Waals surface area contributed by atoms with Crippen LogP contribution in [0.2, 0.25) is 0 Å². The summed E-state index contributed by atoms with van der Waals surface area (Å²) in [7, 11) is 1.81. The Morgan fingerprint density at radius 1 is 1.44 bits per heavy atom. The van der Waals surface area contributed by atoms with Crippen molar-refractivity contribution < 1.29 is 9.59 Å².